The number of rotatable bonds is 7. The first-order valence-electron chi connectivity index (χ1n) is 10.4. The van der Waals surface area contributed by atoms with Crippen LogP contribution in [0.25, 0.3) is 0 Å². The van der Waals surface area contributed by atoms with Crippen LogP contribution in [0, 0.1) is 23.0 Å². The van der Waals surface area contributed by atoms with Gasteiger partial charge in [-0.05, 0) is 19.1 Å². The van der Waals surface area contributed by atoms with E-state index in [2.05, 4.69) is 15.3 Å². The molecule has 178 valence electrons. The van der Waals surface area contributed by atoms with Gasteiger partial charge in [0.25, 0.3) is 5.91 Å². The lowest BCUT2D eigenvalue weighted by Gasteiger charge is -2.31. The number of carbonyl (C=O) groups excluding carboxylic acids is 1. The Morgan fingerprint density at radius 1 is 1.35 bits per heavy atom. The lowest BCUT2D eigenvalue weighted by molar-refractivity contribution is -0.114. The topological polar surface area (TPSA) is 148 Å². The molecule has 2 aromatic rings. The van der Waals surface area contributed by atoms with E-state index in [1.807, 2.05) is 6.07 Å². The van der Waals surface area contributed by atoms with E-state index in [9.17, 15) is 29.1 Å². The Morgan fingerprint density at radius 3 is 2.62 bits per heavy atom. The maximum Gasteiger partial charge on any atom is 0.261 e. The van der Waals surface area contributed by atoms with Crippen molar-refractivity contribution in [3.8, 4) is 6.07 Å². The van der Waals surface area contributed by atoms with Gasteiger partial charge in [-0.3, -0.25) is 9.79 Å². The third kappa shape index (κ3) is 5.03. The second-order valence-corrected chi connectivity index (χ2v) is 7.95. The fraction of sp³-hybridized carbons (Fsp3) is 0.304. The molecule has 9 nitrogen and oxygen atoms in total. The van der Waals surface area contributed by atoms with Crippen molar-refractivity contribution in [1.82, 2.24) is 4.98 Å². The maximum absolute atomic E-state index is 13.9. The third-order valence-corrected chi connectivity index (χ3v) is 5.44. The first-order valence-corrected chi connectivity index (χ1v) is 10.4. The fourth-order valence-corrected chi connectivity index (χ4v) is 3.40. The zero-order chi connectivity index (χ0) is 24.9. The van der Waals surface area contributed by atoms with Gasteiger partial charge in [-0.15, -0.1) is 0 Å². The summed E-state index contributed by atoms with van der Waals surface area (Å²) in [4.78, 5) is 22.9. The van der Waals surface area contributed by atoms with E-state index in [0.717, 1.165) is 18.3 Å². The summed E-state index contributed by atoms with van der Waals surface area (Å²) in [5, 5.41) is 31.5. The molecule has 11 heteroatoms. The van der Waals surface area contributed by atoms with Gasteiger partial charge in [-0.25, -0.2) is 13.8 Å². The number of carbonyl (C=O) groups is 1. The molecule has 0 spiro atoms. The minimum atomic E-state index is -1.07. The number of amides is 1. The molecular formula is C23H24F2N6O3. The fourth-order valence-electron chi connectivity index (χ4n) is 3.40. The minimum absolute atomic E-state index is 0.0498. The number of pyridine rings is 1. The number of aromatic nitrogens is 1. The Balaban J connectivity index is 1.90. The van der Waals surface area contributed by atoms with E-state index >= 15 is 0 Å². The first kappa shape index (κ1) is 24.8. The van der Waals surface area contributed by atoms with Gasteiger partial charge in [0.1, 0.15) is 23.5 Å². The molecule has 1 aromatic heterocycles. The van der Waals surface area contributed by atoms with E-state index in [-0.39, 0.29) is 60.9 Å². The molecular weight excluding hydrogens is 446 g/mol. The molecule has 1 aromatic carbocycles. The van der Waals surface area contributed by atoms with Crippen molar-refractivity contribution in [3.05, 3.63) is 65.0 Å². The number of hydrogen-bond donors (Lipinski definition) is 4. The Labute approximate surface area is 194 Å². The zero-order valence-corrected chi connectivity index (χ0v) is 18.4. The summed E-state index contributed by atoms with van der Waals surface area (Å²) in [6.07, 6.45) is 2.58. The van der Waals surface area contributed by atoms with Gasteiger partial charge in [0.15, 0.2) is 0 Å². The highest BCUT2D eigenvalue weighted by atomic mass is 19.1. The van der Waals surface area contributed by atoms with Crippen molar-refractivity contribution >= 4 is 23.1 Å². The van der Waals surface area contributed by atoms with Crippen molar-refractivity contribution in [2.45, 2.75) is 25.4 Å². The van der Waals surface area contributed by atoms with E-state index in [4.69, 9.17) is 5.73 Å². The molecule has 0 unspecified atom stereocenters. The first-order chi connectivity index (χ1) is 16.3. The average Bonchev–Trinajstić information content (AvgIpc) is 2.83. The number of hydrogen-bond acceptors (Lipinski definition) is 8. The highest BCUT2D eigenvalue weighted by molar-refractivity contribution is 6.28. The van der Waals surface area contributed by atoms with Crippen molar-refractivity contribution in [2.24, 2.45) is 10.7 Å². The highest BCUT2D eigenvalue weighted by Crippen LogP contribution is 2.29. The summed E-state index contributed by atoms with van der Waals surface area (Å²) in [5.41, 5.74) is 5.12. The van der Waals surface area contributed by atoms with Crippen molar-refractivity contribution in [1.29, 1.82) is 5.26 Å². The summed E-state index contributed by atoms with van der Waals surface area (Å²) in [7, 11) is 0. The summed E-state index contributed by atoms with van der Waals surface area (Å²) >= 11 is 0. The zero-order valence-electron chi connectivity index (χ0n) is 18.4. The Bertz CT molecular complexity index is 1170. The molecule has 0 saturated carbocycles. The molecule has 34 heavy (non-hydrogen) atoms. The van der Waals surface area contributed by atoms with E-state index in [1.54, 1.807) is 6.92 Å². The molecule has 0 radical (unpaired) electrons. The van der Waals surface area contributed by atoms with Crippen LogP contribution in [-0.4, -0.2) is 52.1 Å². The monoisotopic (exact) mass is 470 g/mol. The van der Waals surface area contributed by atoms with Gasteiger partial charge < -0.3 is 26.2 Å². The minimum Gasteiger partial charge on any atom is -0.404 e. The average molecular weight is 470 g/mol. The van der Waals surface area contributed by atoms with Gasteiger partial charge in [-0.1, -0.05) is 6.07 Å². The second kappa shape index (κ2) is 10.4. The van der Waals surface area contributed by atoms with Crippen LogP contribution in [0.4, 0.5) is 20.3 Å². The number of benzene rings is 1. The van der Waals surface area contributed by atoms with Gasteiger partial charge in [0, 0.05) is 37.0 Å². The number of aliphatic hydroxyl groups is 2. The number of nitrogens with zero attached hydrogens (tertiary/aromatic N) is 4. The number of nitrogens with two attached hydrogens (primary N) is 1. The number of nitrogens with one attached hydrogen (secondary N) is 1. The van der Waals surface area contributed by atoms with Crippen LogP contribution in [0.1, 0.15) is 24.5 Å². The lowest BCUT2D eigenvalue weighted by atomic mass is 10.00. The van der Waals surface area contributed by atoms with Crippen LogP contribution in [0.5, 0.6) is 0 Å². The molecule has 1 fully saturated rings. The number of nitriles is 1. The molecule has 3 rings (SSSR count). The normalized spacial score (nSPS) is 16.7. The van der Waals surface area contributed by atoms with Gasteiger partial charge >= 0.3 is 0 Å². The number of anilines is 2. The summed E-state index contributed by atoms with van der Waals surface area (Å²) < 4.78 is 27.9. The van der Waals surface area contributed by atoms with Gasteiger partial charge in [0.2, 0.25) is 0 Å². The van der Waals surface area contributed by atoms with Crippen molar-refractivity contribution < 1.29 is 23.8 Å². The van der Waals surface area contributed by atoms with Crippen LogP contribution in [0.2, 0.25) is 0 Å². The number of halogens is 2. The Morgan fingerprint density at radius 2 is 2.03 bits per heavy atom. The van der Waals surface area contributed by atoms with Gasteiger partial charge in [0.05, 0.1) is 47.8 Å². The molecule has 0 bridgehead atoms. The van der Waals surface area contributed by atoms with Gasteiger partial charge in [-0.2, -0.15) is 5.26 Å². The number of aliphatic imine (C=N–C) groups is 1. The SMILES string of the molecule is CC(CO)(CO)Nc1cc(N2CCC(=NCc3c(F)cccc3F)C(=CN)C2=O)c(C#N)cn1. The highest BCUT2D eigenvalue weighted by Gasteiger charge is 2.31. The van der Waals surface area contributed by atoms with E-state index in [0.29, 0.717) is 5.71 Å². The van der Waals surface area contributed by atoms with Crippen LogP contribution in [0.15, 0.2) is 47.2 Å². The molecule has 1 amide bonds. The quantitative estimate of drug-likeness (QED) is 0.449. The van der Waals surface area contributed by atoms with Crippen LogP contribution >= 0.6 is 0 Å². The van der Waals surface area contributed by atoms with Crippen molar-refractivity contribution in [2.75, 3.05) is 30.0 Å². The predicted molar refractivity (Wildman–Crippen MR) is 122 cm³/mol. The third-order valence-electron chi connectivity index (χ3n) is 5.44. The summed E-state index contributed by atoms with van der Waals surface area (Å²) in [6, 6.07) is 6.96. The number of aliphatic hydroxyl groups excluding tert-OH is 2. The second-order valence-electron chi connectivity index (χ2n) is 7.95. The van der Waals surface area contributed by atoms with Crippen LogP contribution in [0.3, 0.4) is 0 Å². The standard InChI is InChI=1S/C23H24F2N6O3/c1-23(12-32,13-33)30-21-7-20(14(8-26)10-29-21)31-6-5-19(15(9-27)22(31)34)28-11-16-17(24)3-2-4-18(16)25/h2-4,7,9-10,32-33H,5-6,11-13,27H2,1H3,(H,29,30). The molecule has 1 aliphatic rings. The largest absolute Gasteiger partial charge is 0.404 e. The number of piperidine rings is 1. The Hall–Kier alpha value is -3.88. The van der Waals surface area contributed by atoms with Crippen LogP contribution in [-0.2, 0) is 11.3 Å². The van der Waals surface area contributed by atoms with Crippen LogP contribution < -0.4 is 16.0 Å². The summed E-state index contributed by atoms with van der Waals surface area (Å²) in [6.45, 7) is 0.641. The molecule has 2 heterocycles. The smallest absolute Gasteiger partial charge is 0.261 e. The molecule has 0 atom stereocenters. The van der Waals surface area contributed by atoms with E-state index in [1.165, 1.54) is 23.2 Å². The maximum atomic E-state index is 13.9. The molecule has 0 aliphatic carbocycles. The molecule has 1 aliphatic heterocycles. The van der Waals surface area contributed by atoms with E-state index < -0.39 is 23.1 Å². The molecule has 1 saturated heterocycles. The van der Waals surface area contributed by atoms with Crippen molar-refractivity contribution in [3.63, 3.8) is 0 Å². The lowest BCUT2D eigenvalue weighted by Crippen LogP contribution is -2.43. The predicted octanol–water partition coefficient (Wildman–Crippen LogP) is 1.61. The summed E-state index contributed by atoms with van der Waals surface area (Å²) in [5.74, 6) is -1.78. The molecule has 5 N–H and O–H groups in total. The Kier molecular flexibility index (Phi) is 7.55.